The van der Waals surface area contributed by atoms with Crippen LogP contribution < -0.4 is 4.90 Å². The van der Waals surface area contributed by atoms with Crippen molar-refractivity contribution in [2.24, 2.45) is 0 Å². The number of nitrogens with zero attached hydrogens (tertiary/aromatic N) is 2. The molecular formula is C17H17BrN2O3. The molecule has 3 rings (SSSR count). The molecular weight excluding hydrogens is 360 g/mol. The molecule has 0 radical (unpaired) electrons. The first-order valence-corrected chi connectivity index (χ1v) is 8.20. The van der Waals surface area contributed by atoms with Gasteiger partial charge in [-0.15, -0.1) is 0 Å². The molecule has 0 saturated heterocycles. The SMILES string of the molecule is CC(C)n1cc(Br)cc1C(=O)N1CC(C(=O)O)c2ccccc21. The summed E-state index contributed by atoms with van der Waals surface area (Å²) in [7, 11) is 0. The number of carbonyl (C=O) groups excluding carboxylic acids is 1. The number of anilines is 1. The number of hydrogen-bond acceptors (Lipinski definition) is 2. The molecule has 23 heavy (non-hydrogen) atoms. The monoisotopic (exact) mass is 376 g/mol. The van der Waals surface area contributed by atoms with Gasteiger partial charge in [-0.3, -0.25) is 9.59 Å². The van der Waals surface area contributed by atoms with Gasteiger partial charge in [-0.2, -0.15) is 0 Å². The second kappa shape index (κ2) is 5.85. The van der Waals surface area contributed by atoms with Crippen molar-refractivity contribution in [2.45, 2.75) is 25.8 Å². The molecule has 1 aliphatic heterocycles. The van der Waals surface area contributed by atoms with E-state index in [1.165, 1.54) is 0 Å². The first-order valence-electron chi connectivity index (χ1n) is 7.41. The number of halogens is 1. The van der Waals surface area contributed by atoms with Gasteiger partial charge in [0.2, 0.25) is 0 Å². The Bertz CT molecular complexity index is 782. The van der Waals surface area contributed by atoms with E-state index in [0.29, 0.717) is 16.9 Å². The van der Waals surface area contributed by atoms with Crippen molar-refractivity contribution < 1.29 is 14.7 Å². The molecule has 1 aliphatic rings. The Hall–Kier alpha value is -2.08. The molecule has 1 aromatic carbocycles. The highest BCUT2D eigenvalue weighted by molar-refractivity contribution is 9.10. The third kappa shape index (κ3) is 2.67. The number of rotatable bonds is 3. The first-order chi connectivity index (χ1) is 10.9. The van der Waals surface area contributed by atoms with Crippen LogP contribution in [0.5, 0.6) is 0 Å². The van der Waals surface area contributed by atoms with Crippen molar-refractivity contribution in [2.75, 3.05) is 11.4 Å². The van der Waals surface area contributed by atoms with E-state index in [2.05, 4.69) is 15.9 Å². The van der Waals surface area contributed by atoms with E-state index in [9.17, 15) is 14.7 Å². The van der Waals surface area contributed by atoms with Gasteiger partial charge in [-0.05, 0) is 47.5 Å². The molecule has 0 spiro atoms. The van der Waals surface area contributed by atoms with Crippen LogP contribution in [0, 0.1) is 0 Å². The van der Waals surface area contributed by atoms with Crippen LogP contribution in [0.3, 0.4) is 0 Å². The summed E-state index contributed by atoms with van der Waals surface area (Å²) in [6, 6.07) is 9.11. The lowest BCUT2D eigenvalue weighted by Crippen LogP contribution is -2.32. The van der Waals surface area contributed by atoms with Crippen LogP contribution in [-0.2, 0) is 4.79 Å². The lowest BCUT2D eigenvalue weighted by molar-refractivity contribution is -0.138. The zero-order chi connectivity index (χ0) is 16.7. The molecule has 6 heteroatoms. The maximum Gasteiger partial charge on any atom is 0.312 e. The average molecular weight is 377 g/mol. The van der Waals surface area contributed by atoms with Gasteiger partial charge >= 0.3 is 5.97 Å². The summed E-state index contributed by atoms with van der Waals surface area (Å²) in [6.07, 6.45) is 1.87. The highest BCUT2D eigenvalue weighted by Gasteiger charge is 2.37. The normalized spacial score (nSPS) is 16.7. The maximum atomic E-state index is 13.0. The quantitative estimate of drug-likeness (QED) is 0.888. The van der Waals surface area contributed by atoms with E-state index in [4.69, 9.17) is 0 Å². The molecule has 2 heterocycles. The van der Waals surface area contributed by atoms with Gasteiger partial charge in [0, 0.05) is 28.9 Å². The zero-order valence-electron chi connectivity index (χ0n) is 12.9. The second-order valence-electron chi connectivity index (χ2n) is 5.91. The van der Waals surface area contributed by atoms with Gasteiger partial charge in [0.05, 0.1) is 0 Å². The van der Waals surface area contributed by atoms with Crippen LogP contribution >= 0.6 is 15.9 Å². The summed E-state index contributed by atoms with van der Waals surface area (Å²) in [6.45, 7) is 4.16. The third-order valence-electron chi connectivity index (χ3n) is 4.10. The Morgan fingerprint density at radius 1 is 1.30 bits per heavy atom. The van der Waals surface area contributed by atoms with E-state index < -0.39 is 11.9 Å². The minimum Gasteiger partial charge on any atom is -0.481 e. The topological polar surface area (TPSA) is 62.5 Å². The predicted molar refractivity (Wildman–Crippen MR) is 91.0 cm³/mol. The van der Waals surface area contributed by atoms with Crippen molar-refractivity contribution in [3.05, 3.63) is 52.3 Å². The molecule has 1 unspecified atom stereocenters. The van der Waals surface area contributed by atoms with Crippen LogP contribution in [0.4, 0.5) is 5.69 Å². The summed E-state index contributed by atoms with van der Waals surface area (Å²) in [5, 5.41) is 9.43. The Morgan fingerprint density at radius 2 is 2.00 bits per heavy atom. The first kappa shape index (κ1) is 15.8. The number of carboxylic acids is 1. The molecule has 0 bridgehead atoms. The smallest absolute Gasteiger partial charge is 0.312 e. The average Bonchev–Trinajstić information content (AvgIpc) is 3.07. The van der Waals surface area contributed by atoms with Crippen molar-refractivity contribution >= 4 is 33.5 Å². The van der Waals surface area contributed by atoms with E-state index in [1.54, 1.807) is 29.2 Å². The molecule has 5 nitrogen and oxygen atoms in total. The zero-order valence-corrected chi connectivity index (χ0v) is 14.4. The van der Waals surface area contributed by atoms with Gasteiger partial charge < -0.3 is 14.6 Å². The van der Waals surface area contributed by atoms with Crippen molar-refractivity contribution in [1.82, 2.24) is 4.57 Å². The fourth-order valence-electron chi connectivity index (χ4n) is 2.99. The maximum absolute atomic E-state index is 13.0. The van der Waals surface area contributed by atoms with E-state index in [1.807, 2.05) is 30.7 Å². The summed E-state index contributed by atoms with van der Waals surface area (Å²) >= 11 is 3.41. The lowest BCUT2D eigenvalue weighted by Gasteiger charge is -2.20. The molecule has 1 N–H and O–H groups in total. The van der Waals surface area contributed by atoms with Crippen LogP contribution in [0.15, 0.2) is 41.0 Å². The molecule has 1 aromatic heterocycles. The van der Waals surface area contributed by atoms with Gasteiger partial charge in [-0.25, -0.2) is 0 Å². The summed E-state index contributed by atoms with van der Waals surface area (Å²) in [4.78, 5) is 26.1. The number of fused-ring (bicyclic) bond motifs is 1. The fraction of sp³-hybridized carbons (Fsp3) is 0.294. The van der Waals surface area contributed by atoms with E-state index in [0.717, 1.165) is 4.47 Å². The van der Waals surface area contributed by atoms with Crippen molar-refractivity contribution in [1.29, 1.82) is 0 Å². The highest BCUT2D eigenvalue weighted by atomic mass is 79.9. The second-order valence-corrected chi connectivity index (χ2v) is 6.83. The molecule has 1 atom stereocenters. The number of amides is 1. The van der Waals surface area contributed by atoms with E-state index >= 15 is 0 Å². The molecule has 120 valence electrons. The van der Waals surface area contributed by atoms with Crippen LogP contribution in [0.25, 0.3) is 0 Å². The Balaban J connectivity index is 2.03. The number of hydrogen-bond donors (Lipinski definition) is 1. The molecule has 2 aromatic rings. The number of para-hydroxylation sites is 1. The Kier molecular flexibility index (Phi) is 4.02. The number of carboxylic acid groups (broad SMARTS) is 1. The van der Waals surface area contributed by atoms with Crippen LogP contribution in [0.1, 0.15) is 41.9 Å². The highest BCUT2D eigenvalue weighted by Crippen LogP contribution is 2.37. The summed E-state index contributed by atoms with van der Waals surface area (Å²) < 4.78 is 2.72. The van der Waals surface area contributed by atoms with Gasteiger partial charge in [0.25, 0.3) is 5.91 Å². The minimum absolute atomic E-state index is 0.133. The lowest BCUT2D eigenvalue weighted by atomic mass is 10.0. The van der Waals surface area contributed by atoms with Gasteiger partial charge in [-0.1, -0.05) is 18.2 Å². The molecule has 0 saturated carbocycles. The number of aliphatic carboxylic acids is 1. The van der Waals surface area contributed by atoms with Gasteiger partial charge in [0.1, 0.15) is 11.6 Å². The number of benzene rings is 1. The predicted octanol–water partition coefficient (Wildman–Crippen LogP) is 3.66. The third-order valence-corrected chi connectivity index (χ3v) is 4.54. The Morgan fingerprint density at radius 3 is 2.65 bits per heavy atom. The fourth-order valence-corrected chi connectivity index (χ4v) is 3.43. The number of carbonyl (C=O) groups is 2. The molecule has 0 aliphatic carbocycles. The van der Waals surface area contributed by atoms with Crippen LogP contribution in [-0.4, -0.2) is 28.1 Å². The minimum atomic E-state index is -0.909. The van der Waals surface area contributed by atoms with Gasteiger partial charge in [0.15, 0.2) is 0 Å². The largest absolute Gasteiger partial charge is 0.481 e. The molecule has 0 fully saturated rings. The Labute approximate surface area is 142 Å². The van der Waals surface area contributed by atoms with Crippen molar-refractivity contribution in [3.8, 4) is 0 Å². The standard InChI is InChI=1S/C17H17BrN2O3/c1-10(2)19-8-11(18)7-15(19)16(21)20-9-13(17(22)23)12-5-3-4-6-14(12)20/h3-8,10,13H,9H2,1-2H3,(H,22,23). The van der Waals surface area contributed by atoms with E-state index in [-0.39, 0.29) is 18.5 Å². The molecule has 1 amide bonds. The van der Waals surface area contributed by atoms with Crippen molar-refractivity contribution in [3.63, 3.8) is 0 Å². The summed E-state index contributed by atoms with van der Waals surface area (Å²) in [5.74, 6) is -1.77. The number of aromatic nitrogens is 1. The summed E-state index contributed by atoms with van der Waals surface area (Å²) in [5.41, 5.74) is 1.92. The van der Waals surface area contributed by atoms with Crippen LogP contribution in [0.2, 0.25) is 0 Å².